The first-order valence-electron chi connectivity index (χ1n) is 5.63. The lowest BCUT2D eigenvalue weighted by Gasteiger charge is -2.17. The van der Waals surface area contributed by atoms with Crippen LogP contribution < -0.4 is 5.73 Å². The van der Waals surface area contributed by atoms with E-state index in [0.717, 1.165) is 16.4 Å². The third-order valence-electron chi connectivity index (χ3n) is 2.66. The minimum absolute atomic E-state index is 0.213. The van der Waals surface area contributed by atoms with Gasteiger partial charge in [0.2, 0.25) is 10.0 Å². The Balaban J connectivity index is 3.07. The van der Waals surface area contributed by atoms with E-state index in [1.807, 2.05) is 0 Å². The number of hydrogen-bond acceptors (Lipinski definition) is 3. The molecule has 0 amide bonds. The van der Waals surface area contributed by atoms with Crippen LogP contribution in [0.15, 0.2) is 29.7 Å². The fourth-order valence-electron chi connectivity index (χ4n) is 1.49. The normalized spacial score (nSPS) is 11.8. The molecule has 0 spiro atoms. The highest BCUT2D eigenvalue weighted by molar-refractivity contribution is 7.89. The molecule has 0 unspecified atom stereocenters. The smallest absolute Gasteiger partial charge is 0.245 e. The number of nitrogens with zero attached hydrogens (tertiary/aromatic N) is 1. The summed E-state index contributed by atoms with van der Waals surface area (Å²) in [5.74, 6) is -2.23. The van der Waals surface area contributed by atoms with Crippen molar-refractivity contribution in [1.29, 1.82) is 0 Å². The summed E-state index contributed by atoms with van der Waals surface area (Å²) in [5, 5.41) is 0. The number of unbranched alkanes of at least 4 members (excludes halogenated alkanes) is 1. The molecule has 0 fully saturated rings. The lowest BCUT2D eigenvalue weighted by molar-refractivity contribution is 0.456. The van der Waals surface area contributed by atoms with Gasteiger partial charge in [0.15, 0.2) is 5.82 Å². The van der Waals surface area contributed by atoms with Crippen LogP contribution in [0.2, 0.25) is 0 Å². The van der Waals surface area contributed by atoms with Crippen LogP contribution in [-0.2, 0) is 10.0 Å². The molecular weight excluding hydrogens is 274 g/mol. The van der Waals surface area contributed by atoms with Gasteiger partial charge < -0.3 is 5.73 Å². The third-order valence-corrected chi connectivity index (χ3v) is 4.53. The second-order valence-electron chi connectivity index (χ2n) is 4.03. The van der Waals surface area contributed by atoms with Gasteiger partial charge in [-0.15, -0.1) is 6.58 Å². The third kappa shape index (κ3) is 3.30. The largest absolute Gasteiger partial charge is 0.394 e. The highest BCUT2D eigenvalue weighted by Gasteiger charge is 2.26. The number of rotatable bonds is 6. The van der Waals surface area contributed by atoms with Crippen LogP contribution in [0.25, 0.3) is 0 Å². The van der Waals surface area contributed by atoms with Crippen molar-refractivity contribution in [2.75, 3.05) is 19.3 Å². The highest BCUT2D eigenvalue weighted by atomic mass is 32.2. The topological polar surface area (TPSA) is 63.4 Å². The van der Waals surface area contributed by atoms with Crippen molar-refractivity contribution < 1.29 is 17.2 Å². The molecule has 1 aromatic carbocycles. The second-order valence-corrected chi connectivity index (χ2v) is 6.04. The van der Waals surface area contributed by atoms with Gasteiger partial charge in [0.25, 0.3) is 0 Å². The van der Waals surface area contributed by atoms with Gasteiger partial charge >= 0.3 is 0 Å². The van der Waals surface area contributed by atoms with Crippen LogP contribution in [0.4, 0.5) is 14.5 Å². The van der Waals surface area contributed by atoms with E-state index in [1.165, 1.54) is 7.05 Å². The Morgan fingerprint density at radius 1 is 1.42 bits per heavy atom. The van der Waals surface area contributed by atoms with E-state index in [9.17, 15) is 17.2 Å². The maximum atomic E-state index is 13.7. The van der Waals surface area contributed by atoms with Crippen LogP contribution in [0.3, 0.4) is 0 Å². The first-order valence-corrected chi connectivity index (χ1v) is 7.07. The molecule has 1 aromatic rings. The average Bonchev–Trinajstić information content (AvgIpc) is 2.35. The fraction of sp³-hybridized carbons (Fsp3) is 0.333. The van der Waals surface area contributed by atoms with E-state index >= 15 is 0 Å². The molecule has 7 heteroatoms. The maximum Gasteiger partial charge on any atom is 0.245 e. The Kier molecular flexibility index (Phi) is 5.02. The summed E-state index contributed by atoms with van der Waals surface area (Å²) in [6, 6.07) is 1.71. The van der Waals surface area contributed by atoms with E-state index in [0.29, 0.717) is 12.8 Å². The van der Waals surface area contributed by atoms with Crippen LogP contribution in [0.5, 0.6) is 0 Å². The van der Waals surface area contributed by atoms with E-state index in [4.69, 9.17) is 5.73 Å². The zero-order chi connectivity index (χ0) is 14.6. The first kappa shape index (κ1) is 15.6. The summed E-state index contributed by atoms with van der Waals surface area (Å²) >= 11 is 0. The molecule has 19 heavy (non-hydrogen) atoms. The average molecular weight is 290 g/mol. The number of anilines is 1. The minimum Gasteiger partial charge on any atom is -0.394 e. The maximum absolute atomic E-state index is 13.7. The molecule has 4 nitrogen and oxygen atoms in total. The Morgan fingerprint density at radius 3 is 2.63 bits per heavy atom. The summed E-state index contributed by atoms with van der Waals surface area (Å²) in [6.45, 7) is 3.74. The van der Waals surface area contributed by atoms with Crippen LogP contribution in [0.1, 0.15) is 12.8 Å². The molecule has 0 saturated heterocycles. The van der Waals surface area contributed by atoms with Crippen molar-refractivity contribution in [2.24, 2.45) is 0 Å². The SMILES string of the molecule is C=CCCCN(C)S(=O)(=O)c1ccc(F)c(N)c1F. The van der Waals surface area contributed by atoms with E-state index < -0.39 is 32.2 Å². The van der Waals surface area contributed by atoms with Crippen molar-refractivity contribution in [2.45, 2.75) is 17.7 Å². The molecule has 0 heterocycles. The van der Waals surface area contributed by atoms with Gasteiger partial charge in [-0.05, 0) is 25.0 Å². The lowest BCUT2D eigenvalue weighted by atomic mass is 10.3. The molecule has 0 aliphatic carbocycles. The van der Waals surface area contributed by atoms with E-state index in [1.54, 1.807) is 6.08 Å². The molecule has 0 aliphatic rings. The van der Waals surface area contributed by atoms with Crippen molar-refractivity contribution >= 4 is 15.7 Å². The zero-order valence-electron chi connectivity index (χ0n) is 10.6. The lowest BCUT2D eigenvalue weighted by Crippen LogP contribution is -2.29. The summed E-state index contributed by atoms with van der Waals surface area (Å²) in [5.41, 5.74) is 4.36. The van der Waals surface area contributed by atoms with Gasteiger partial charge in [0.05, 0.1) is 0 Å². The Hall–Kier alpha value is -1.47. The van der Waals surface area contributed by atoms with E-state index in [-0.39, 0.29) is 6.54 Å². The highest BCUT2D eigenvalue weighted by Crippen LogP contribution is 2.25. The van der Waals surface area contributed by atoms with Crippen LogP contribution in [-0.4, -0.2) is 26.3 Å². The molecule has 0 bridgehead atoms. The number of hydrogen-bond donors (Lipinski definition) is 1. The number of allylic oxidation sites excluding steroid dienone is 1. The van der Waals surface area contributed by atoms with Crippen molar-refractivity contribution in [3.63, 3.8) is 0 Å². The fourth-order valence-corrected chi connectivity index (χ4v) is 2.78. The standard InChI is InChI=1S/C12H16F2N2O2S/c1-3-4-5-8-16(2)19(17,18)10-7-6-9(13)12(15)11(10)14/h3,6-7H,1,4-5,8,15H2,2H3. The van der Waals surface area contributed by atoms with Crippen LogP contribution >= 0.6 is 0 Å². The number of nitrogens with two attached hydrogens (primary N) is 1. The minimum atomic E-state index is -4.01. The summed E-state index contributed by atoms with van der Waals surface area (Å²) in [7, 11) is -2.68. The van der Waals surface area contributed by atoms with Gasteiger partial charge in [-0.1, -0.05) is 6.08 Å². The number of halogens is 2. The van der Waals surface area contributed by atoms with E-state index in [2.05, 4.69) is 6.58 Å². The molecule has 0 saturated carbocycles. The van der Waals surface area contributed by atoms with Crippen molar-refractivity contribution in [3.8, 4) is 0 Å². The Bertz CT molecular complexity index is 573. The summed E-state index contributed by atoms with van der Waals surface area (Å²) in [6.07, 6.45) is 2.88. The molecule has 0 aromatic heterocycles. The molecule has 106 valence electrons. The van der Waals surface area contributed by atoms with Crippen molar-refractivity contribution in [3.05, 3.63) is 36.4 Å². The number of benzene rings is 1. The summed E-state index contributed by atoms with van der Waals surface area (Å²) < 4.78 is 51.9. The molecule has 0 atom stereocenters. The predicted octanol–water partition coefficient (Wildman–Crippen LogP) is 2.13. The van der Waals surface area contributed by atoms with Crippen LogP contribution in [0, 0.1) is 11.6 Å². The number of nitrogen functional groups attached to an aromatic ring is 1. The Labute approximate surface area is 111 Å². The monoisotopic (exact) mass is 290 g/mol. The van der Waals surface area contributed by atoms with Gasteiger partial charge in [0.1, 0.15) is 16.4 Å². The van der Waals surface area contributed by atoms with Gasteiger partial charge in [0, 0.05) is 13.6 Å². The number of sulfonamides is 1. The molecule has 2 N–H and O–H groups in total. The first-order chi connectivity index (χ1) is 8.82. The zero-order valence-corrected chi connectivity index (χ0v) is 11.4. The Morgan fingerprint density at radius 2 is 2.05 bits per heavy atom. The predicted molar refractivity (Wildman–Crippen MR) is 70.0 cm³/mol. The molecular formula is C12H16F2N2O2S. The van der Waals surface area contributed by atoms with Crippen molar-refractivity contribution in [1.82, 2.24) is 4.31 Å². The summed E-state index contributed by atoms with van der Waals surface area (Å²) in [4.78, 5) is -0.618. The molecule has 0 radical (unpaired) electrons. The molecule has 0 aliphatic heterocycles. The van der Waals surface area contributed by atoms with Gasteiger partial charge in [-0.2, -0.15) is 0 Å². The molecule has 1 rings (SSSR count). The quantitative estimate of drug-likeness (QED) is 0.496. The van der Waals surface area contributed by atoms with Gasteiger partial charge in [-0.25, -0.2) is 21.5 Å². The second kappa shape index (κ2) is 6.12. The van der Waals surface area contributed by atoms with Gasteiger partial charge in [-0.3, -0.25) is 0 Å².